The van der Waals surface area contributed by atoms with Crippen LogP contribution in [0.15, 0.2) is 24.3 Å². The quantitative estimate of drug-likeness (QED) is 0.433. The Morgan fingerprint density at radius 2 is 2.00 bits per heavy atom. The molecule has 0 unspecified atom stereocenters. The van der Waals surface area contributed by atoms with Gasteiger partial charge in [0, 0.05) is 36.3 Å². The molecule has 9 nitrogen and oxygen atoms in total. The van der Waals surface area contributed by atoms with Gasteiger partial charge in [-0.05, 0) is 39.2 Å². The fourth-order valence-corrected chi connectivity index (χ4v) is 3.37. The molecule has 1 N–H and O–H groups in total. The van der Waals surface area contributed by atoms with Crippen LogP contribution in [0.5, 0.6) is 5.88 Å². The molecular weight excluding hydrogens is 374 g/mol. The summed E-state index contributed by atoms with van der Waals surface area (Å²) in [5.41, 5.74) is 0.550. The standard InChI is InChI=1S/C20H25N5O4/c1-14-16(7-6-8-17(14)25(27)28)20(26)21-9-12-29-19-13-18(22-15(2)23-19)24-10-4-3-5-11-24/h6-8,13H,3-5,9-12H2,1-2H3,(H,21,26). The lowest BCUT2D eigenvalue weighted by Crippen LogP contribution is -2.30. The molecule has 2 aromatic rings. The molecule has 154 valence electrons. The lowest BCUT2D eigenvalue weighted by atomic mass is 10.1. The molecule has 1 fully saturated rings. The topological polar surface area (TPSA) is 110 Å². The van der Waals surface area contributed by atoms with Gasteiger partial charge in [-0.15, -0.1) is 0 Å². The van der Waals surface area contributed by atoms with Crippen LogP contribution in [0, 0.1) is 24.0 Å². The van der Waals surface area contributed by atoms with Crippen LogP contribution in [-0.2, 0) is 0 Å². The van der Waals surface area contributed by atoms with Crippen molar-refractivity contribution in [3.8, 4) is 5.88 Å². The van der Waals surface area contributed by atoms with Gasteiger partial charge < -0.3 is 15.0 Å². The molecule has 0 saturated carbocycles. The summed E-state index contributed by atoms with van der Waals surface area (Å²) in [6.07, 6.45) is 3.55. The van der Waals surface area contributed by atoms with Crippen molar-refractivity contribution in [1.82, 2.24) is 15.3 Å². The van der Waals surface area contributed by atoms with Crippen LogP contribution in [0.2, 0.25) is 0 Å². The largest absolute Gasteiger partial charge is 0.476 e. The van der Waals surface area contributed by atoms with Gasteiger partial charge in [0.2, 0.25) is 5.88 Å². The molecule has 0 spiro atoms. The Balaban J connectivity index is 1.55. The van der Waals surface area contributed by atoms with Crippen LogP contribution in [0.25, 0.3) is 0 Å². The van der Waals surface area contributed by atoms with E-state index in [1.54, 1.807) is 13.0 Å². The summed E-state index contributed by atoms with van der Waals surface area (Å²) < 4.78 is 5.70. The number of piperidine rings is 1. The number of nitro benzene ring substituents is 1. The van der Waals surface area contributed by atoms with Gasteiger partial charge in [-0.1, -0.05) is 6.07 Å². The third-order valence-electron chi connectivity index (χ3n) is 4.87. The van der Waals surface area contributed by atoms with Crippen molar-refractivity contribution >= 4 is 17.4 Å². The van der Waals surface area contributed by atoms with Gasteiger partial charge in [-0.25, -0.2) is 4.98 Å². The van der Waals surface area contributed by atoms with Crippen molar-refractivity contribution < 1.29 is 14.5 Å². The van der Waals surface area contributed by atoms with Gasteiger partial charge in [0.05, 0.1) is 11.5 Å². The molecule has 1 amide bonds. The van der Waals surface area contributed by atoms with E-state index in [2.05, 4.69) is 20.2 Å². The van der Waals surface area contributed by atoms with E-state index in [1.165, 1.54) is 18.6 Å². The zero-order valence-electron chi connectivity index (χ0n) is 16.7. The second kappa shape index (κ2) is 9.31. The first-order chi connectivity index (χ1) is 14.0. The van der Waals surface area contributed by atoms with E-state index in [0.717, 1.165) is 31.7 Å². The Morgan fingerprint density at radius 3 is 2.72 bits per heavy atom. The van der Waals surface area contributed by atoms with Crippen LogP contribution in [-0.4, -0.2) is 47.0 Å². The first-order valence-corrected chi connectivity index (χ1v) is 9.71. The predicted molar refractivity (Wildman–Crippen MR) is 108 cm³/mol. The molecule has 1 saturated heterocycles. The van der Waals surface area contributed by atoms with Crippen molar-refractivity contribution in [2.24, 2.45) is 0 Å². The summed E-state index contributed by atoms with van der Waals surface area (Å²) in [5.74, 6) is 1.60. The molecule has 0 radical (unpaired) electrons. The Morgan fingerprint density at radius 1 is 1.24 bits per heavy atom. The number of amides is 1. The number of nitrogens with one attached hydrogen (secondary N) is 1. The minimum atomic E-state index is -0.493. The molecule has 1 aromatic heterocycles. The number of carbonyl (C=O) groups is 1. The lowest BCUT2D eigenvalue weighted by molar-refractivity contribution is -0.385. The fourth-order valence-electron chi connectivity index (χ4n) is 3.37. The number of aromatic nitrogens is 2. The maximum absolute atomic E-state index is 12.3. The summed E-state index contributed by atoms with van der Waals surface area (Å²) in [4.78, 5) is 33.9. The summed E-state index contributed by atoms with van der Waals surface area (Å²) in [6, 6.07) is 6.27. The van der Waals surface area contributed by atoms with Gasteiger partial charge in [0.25, 0.3) is 11.6 Å². The first kappa shape index (κ1) is 20.5. The average molecular weight is 399 g/mol. The number of carbonyl (C=O) groups excluding carboxylic acids is 1. The molecule has 2 heterocycles. The molecule has 0 atom stereocenters. The minimum Gasteiger partial charge on any atom is -0.476 e. The minimum absolute atomic E-state index is 0.0735. The molecule has 29 heavy (non-hydrogen) atoms. The number of ether oxygens (including phenoxy) is 1. The molecule has 9 heteroatoms. The zero-order chi connectivity index (χ0) is 20.8. The second-order valence-electron chi connectivity index (χ2n) is 6.97. The number of anilines is 1. The van der Waals surface area contributed by atoms with E-state index in [-0.39, 0.29) is 30.3 Å². The van der Waals surface area contributed by atoms with Crippen LogP contribution in [0.4, 0.5) is 11.5 Å². The molecule has 1 aliphatic rings. The van der Waals surface area contributed by atoms with Gasteiger partial charge in [-0.2, -0.15) is 4.98 Å². The number of hydrogen-bond acceptors (Lipinski definition) is 7. The number of benzene rings is 1. The molecule has 1 aliphatic heterocycles. The Kier molecular flexibility index (Phi) is 6.58. The van der Waals surface area contributed by atoms with E-state index in [0.29, 0.717) is 17.3 Å². The number of aryl methyl sites for hydroxylation is 1. The summed E-state index contributed by atoms with van der Waals surface area (Å²) in [5, 5.41) is 13.7. The predicted octanol–water partition coefficient (Wildman–Crippen LogP) is 2.80. The number of rotatable bonds is 7. The Bertz CT molecular complexity index is 896. The van der Waals surface area contributed by atoms with E-state index < -0.39 is 4.92 Å². The van der Waals surface area contributed by atoms with E-state index in [1.807, 2.05) is 13.0 Å². The van der Waals surface area contributed by atoms with E-state index in [4.69, 9.17) is 4.74 Å². The van der Waals surface area contributed by atoms with Crippen LogP contribution in [0.1, 0.15) is 41.0 Å². The smallest absolute Gasteiger partial charge is 0.273 e. The van der Waals surface area contributed by atoms with Gasteiger partial charge >= 0.3 is 0 Å². The monoisotopic (exact) mass is 399 g/mol. The molecular formula is C20H25N5O4. The van der Waals surface area contributed by atoms with Crippen LogP contribution >= 0.6 is 0 Å². The van der Waals surface area contributed by atoms with E-state index >= 15 is 0 Å². The van der Waals surface area contributed by atoms with E-state index in [9.17, 15) is 14.9 Å². The SMILES string of the molecule is Cc1nc(OCCNC(=O)c2cccc([N+](=O)[O-])c2C)cc(N2CCCCC2)n1. The zero-order valence-corrected chi connectivity index (χ0v) is 16.7. The number of nitro groups is 1. The molecule has 3 rings (SSSR count). The number of hydrogen-bond donors (Lipinski definition) is 1. The van der Waals surface area contributed by atoms with Gasteiger partial charge in [0.15, 0.2) is 0 Å². The third-order valence-corrected chi connectivity index (χ3v) is 4.87. The normalized spacial score (nSPS) is 13.8. The fraction of sp³-hybridized carbons (Fsp3) is 0.450. The van der Waals surface area contributed by atoms with Crippen LogP contribution < -0.4 is 15.0 Å². The highest BCUT2D eigenvalue weighted by molar-refractivity contribution is 5.96. The van der Waals surface area contributed by atoms with Crippen molar-refractivity contribution in [3.63, 3.8) is 0 Å². The van der Waals surface area contributed by atoms with Crippen molar-refractivity contribution in [1.29, 1.82) is 0 Å². The Hall–Kier alpha value is -3.23. The van der Waals surface area contributed by atoms with Crippen molar-refractivity contribution in [2.75, 3.05) is 31.1 Å². The summed E-state index contributed by atoms with van der Waals surface area (Å²) in [6.45, 7) is 5.84. The van der Waals surface area contributed by atoms with Gasteiger partial charge in [-0.3, -0.25) is 14.9 Å². The highest BCUT2D eigenvalue weighted by atomic mass is 16.6. The molecule has 0 bridgehead atoms. The van der Waals surface area contributed by atoms with Crippen molar-refractivity contribution in [3.05, 3.63) is 51.3 Å². The first-order valence-electron chi connectivity index (χ1n) is 9.71. The highest BCUT2D eigenvalue weighted by Crippen LogP contribution is 2.22. The van der Waals surface area contributed by atoms with Crippen LogP contribution in [0.3, 0.4) is 0 Å². The second-order valence-corrected chi connectivity index (χ2v) is 6.97. The molecule has 0 aliphatic carbocycles. The lowest BCUT2D eigenvalue weighted by Gasteiger charge is -2.28. The highest BCUT2D eigenvalue weighted by Gasteiger charge is 2.18. The summed E-state index contributed by atoms with van der Waals surface area (Å²) in [7, 11) is 0. The maximum atomic E-state index is 12.3. The Labute approximate surface area is 169 Å². The van der Waals surface area contributed by atoms with Crippen molar-refractivity contribution in [2.45, 2.75) is 33.1 Å². The summed E-state index contributed by atoms with van der Waals surface area (Å²) >= 11 is 0. The number of nitrogens with zero attached hydrogens (tertiary/aromatic N) is 4. The van der Waals surface area contributed by atoms with Gasteiger partial charge in [0.1, 0.15) is 18.2 Å². The maximum Gasteiger partial charge on any atom is 0.273 e. The molecule has 1 aromatic carbocycles. The average Bonchev–Trinajstić information content (AvgIpc) is 2.71. The third kappa shape index (κ3) is 5.18.